The number of hydrogen-bond acceptors (Lipinski definition) is 10. The molecule has 1 aliphatic heterocycles. The fraction of sp³-hybridized carbons (Fsp3) is 0.259. The number of hydrogen-bond donors (Lipinski definition) is 1. The zero-order valence-corrected chi connectivity index (χ0v) is 23.8. The van der Waals surface area contributed by atoms with E-state index in [1.54, 1.807) is 36.6 Å². The number of sulfonamides is 1. The Morgan fingerprint density at radius 1 is 1.07 bits per heavy atom. The number of anilines is 1. The minimum atomic E-state index is -3.72. The van der Waals surface area contributed by atoms with Crippen LogP contribution in [0.3, 0.4) is 0 Å². The van der Waals surface area contributed by atoms with Crippen molar-refractivity contribution in [2.45, 2.75) is 11.8 Å². The van der Waals surface area contributed by atoms with Crippen LogP contribution in [-0.4, -0.2) is 74.4 Å². The maximum absolute atomic E-state index is 13.6. The van der Waals surface area contributed by atoms with Crippen LogP contribution < -0.4 is 15.6 Å². The van der Waals surface area contributed by atoms with Gasteiger partial charge in [-0.15, -0.1) is 11.3 Å². The fourth-order valence-corrected chi connectivity index (χ4v) is 6.62. The number of aromatic nitrogens is 2. The van der Waals surface area contributed by atoms with E-state index in [4.69, 9.17) is 14.2 Å². The van der Waals surface area contributed by atoms with Gasteiger partial charge in [-0.05, 0) is 55.5 Å². The Morgan fingerprint density at radius 3 is 2.39 bits per heavy atom. The van der Waals surface area contributed by atoms with Crippen LogP contribution in [0, 0.1) is 0 Å². The molecule has 41 heavy (non-hydrogen) atoms. The van der Waals surface area contributed by atoms with E-state index in [0.29, 0.717) is 24.7 Å². The average Bonchev–Trinajstić information content (AvgIpc) is 3.42. The van der Waals surface area contributed by atoms with Crippen molar-refractivity contribution in [2.75, 3.05) is 45.3 Å². The van der Waals surface area contributed by atoms with E-state index in [0.717, 1.165) is 16.0 Å². The Hall–Kier alpha value is -4.11. The predicted octanol–water partition coefficient (Wildman–Crippen LogP) is 2.91. The van der Waals surface area contributed by atoms with E-state index < -0.39 is 27.5 Å². The summed E-state index contributed by atoms with van der Waals surface area (Å²) >= 11 is 1.06. The molecule has 0 radical (unpaired) electrons. The molecule has 1 amide bonds. The van der Waals surface area contributed by atoms with E-state index in [2.05, 4.69) is 10.4 Å². The number of carbonyl (C=O) groups excluding carboxylic acids is 2. The zero-order chi connectivity index (χ0) is 29.1. The van der Waals surface area contributed by atoms with Crippen LogP contribution >= 0.6 is 11.3 Å². The lowest BCUT2D eigenvalue weighted by Crippen LogP contribution is -2.40. The molecule has 0 aliphatic carbocycles. The molecule has 0 atom stereocenters. The first-order valence-corrected chi connectivity index (χ1v) is 14.9. The van der Waals surface area contributed by atoms with Crippen molar-refractivity contribution >= 4 is 49.0 Å². The third-order valence-corrected chi connectivity index (χ3v) is 9.20. The predicted molar refractivity (Wildman–Crippen MR) is 152 cm³/mol. The number of ether oxygens (including phenoxy) is 3. The van der Waals surface area contributed by atoms with Crippen molar-refractivity contribution in [1.29, 1.82) is 0 Å². The van der Waals surface area contributed by atoms with E-state index in [1.807, 2.05) is 0 Å². The van der Waals surface area contributed by atoms with Crippen LogP contribution in [0.1, 0.15) is 27.8 Å². The topological polar surface area (TPSA) is 146 Å². The Labute approximate surface area is 239 Å². The summed E-state index contributed by atoms with van der Waals surface area (Å²) in [6, 6.07) is 12.1. The van der Waals surface area contributed by atoms with Gasteiger partial charge in [-0.1, -0.05) is 0 Å². The number of carbonyl (C=O) groups is 2. The molecule has 0 bridgehead atoms. The van der Waals surface area contributed by atoms with E-state index >= 15 is 0 Å². The highest BCUT2D eigenvalue weighted by molar-refractivity contribution is 7.89. The molecule has 2 aromatic carbocycles. The first-order valence-electron chi connectivity index (χ1n) is 12.6. The van der Waals surface area contributed by atoms with E-state index in [1.165, 1.54) is 35.7 Å². The highest BCUT2D eigenvalue weighted by Crippen LogP contribution is 2.31. The normalized spacial score (nSPS) is 14.1. The third-order valence-electron chi connectivity index (χ3n) is 6.39. The highest BCUT2D eigenvalue weighted by atomic mass is 32.2. The summed E-state index contributed by atoms with van der Waals surface area (Å²) in [5.41, 5.74) is -0.0696. The molecule has 214 valence electrons. The SMILES string of the molecule is CCOC(=O)c1nn(-c2ccc(OC)cc2)c(=O)c2c(NC(=O)c3ccc(S(=O)(=O)N4CCOCC4)cc3)scc12. The van der Waals surface area contributed by atoms with Crippen LogP contribution in [-0.2, 0) is 19.5 Å². The van der Waals surface area contributed by atoms with E-state index in [-0.39, 0.29) is 51.6 Å². The molecule has 1 fully saturated rings. The van der Waals surface area contributed by atoms with Gasteiger partial charge in [0, 0.05) is 29.4 Å². The summed E-state index contributed by atoms with van der Waals surface area (Å²) in [5, 5.41) is 9.10. The third kappa shape index (κ3) is 5.59. The molecule has 3 heterocycles. The highest BCUT2D eigenvalue weighted by Gasteiger charge is 2.27. The molecule has 1 N–H and O–H groups in total. The van der Waals surface area contributed by atoms with Gasteiger partial charge in [0.15, 0.2) is 5.69 Å². The Balaban J connectivity index is 1.49. The van der Waals surface area contributed by atoms with Gasteiger partial charge in [0.1, 0.15) is 10.8 Å². The summed E-state index contributed by atoms with van der Waals surface area (Å²) < 4.78 is 43.8. The van der Waals surface area contributed by atoms with Gasteiger partial charge < -0.3 is 19.5 Å². The molecule has 0 saturated carbocycles. The van der Waals surface area contributed by atoms with Gasteiger partial charge in [0.2, 0.25) is 10.0 Å². The first kappa shape index (κ1) is 28.4. The summed E-state index contributed by atoms with van der Waals surface area (Å²) in [5.74, 6) is -0.706. The van der Waals surface area contributed by atoms with Gasteiger partial charge in [-0.25, -0.2) is 13.2 Å². The number of rotatable bonds is 8. The van der Waals surface area contributed by atoms with Crippen molar-refractivity contribution in [2.24, 2.45) is 0 Å². The lowest BCUT2D eigenvalue weighted by atomic mass is 10.2. The van der Waals surface area contributed by atoms with Crippen molar-refractivity contribution in [3.05, 3.63) is 75.5 Å². The van der Waals surface area contributed by atoms with Gasteiger partial charge in [0.25, 0.3) is 11.5 Å². The molecule has 1 saturated heterocycles. The number of fused-ring (bicyclic) bond motifs is 1. The largest absolute Gasteiger partial charge is 0.497 e. The van der Waals surface area contributed by atoms with Crippen LogP contribution in [0.25, 0.3) is 16.5 Å². The van der Waals surface area contributed by atoms with Crippen LogP contribution in [0.2, 0.25) is 0 Å². The number of nitrogens with one attached hydrogen (secondary N) is 1. The number of benzene rings is 2. The lowest BCUT2D eigenvalue weighted by molar-refractivity contribution is 0.0519. The summed E-state index contributed by atoms with van der Waals surface area (Å²) in [6.45, 7) is 2.92. The lowest BCUT2D eigenvalue weighted by Gasteiger charge is -2.26. The fourth-order valence-electron chi connectivity index (χ4n) is 4.28. The number of nitrogens with zero attached hydrogens (tertiary/aromatic N) is 3. The Kier molecular flexibility index (Phi) is 8.17. The van der Waals surface area contributed by atoms with Crippen LogP contribution in [0.5, 0.6) is 5.75 Å². The average molecular weight is 599 g/mol. The summed E-state index contributed by atoms with van der Waals surface area (Å²) in [7, 11) is -2.21. The van der Waals surface area contributed by atoms with Gasteiger partial charge in [-0.3, -0.25) is 9.59 Å². The maximum Gasteiger partial charge on any atom is 0.359 e. The number of thiophene rings is 1. The molecule has 5 rings (SSSR count). The Bertz CT molecular complexity index is 1760. The van der Waals surface area contributed by atoms with Crippen LogP contribution in [0.4, 0.5) is 5.00 Å². The molecule has 0 spiro atoms. The van der Waals surface area contributed by atoms with Crippen molar-refractivity contribution < 1.29 is 32.2 Å². The van der Waals surface area contributed by atoms with Crippen LogP contribution in [0.15, 0.2) is 63.6 Å². The molecule has 0 unspecified atom stereocenters. The number of esters is 1. The molecular formula is C27H26N4O8S2. The number of methoxy groups -OCH3 is 1. The standard InChI is InChI=1S/C27H26N4O8S2/c1-3-39-27(34)23-21-16-40-25(22(21)26(33)31(29-23)18-6-8-19(37-2)9-7-18)28-24(32)17-4-10-20(11-5-17)41(35,36)30-12-14-38-15-13-30/h4-11,16H,3,12-15H2,1-2H3,(H,28,32). The molecule has 2 aromatic heterocycles. The minimum Gasteiger partial charge on any atom is -0.497 e. The summed E-state index contributed by atoms with van der Waals surface area (Å²) in [4.78, 5) is 39.6. The molecule has 1 aliphatic rings. The molecule has 12 nitrogen and oxygen atoms in total. The van der Waals surface area contributed by atoms with E-state index in [9.17, 15) is 22.8 Å². The Morgan fingerprint density at radius 2 is 1.76 bits per heavy atom. The molecule has 4 aromatic rings. The van der Waals surface area contributed by atoms with Gasteiger partial charge in [0.05, 0.1) is 42.9 Å². The smallest absolute Gasteiger partial charge is 0.359 e. The number of amides is 1. The quantitative estimate of drug-likeness (QED) is 0.303. The monoisotopic (exact) mass is 598 g/mol. The second-order valence-electron chi connectivity index (χ2n) is 8.83. The number of morpholine rings is 1. The molecule has 14 heteroatoms. The van der Waals surface area contributed by atoms with Crippen molar-refractivity contribution in [3.63, 3.8) is 0 Å². The van der Waals surface area contributed by atoms with Gasteiger partial charge >= 0.3 is 5.97 Å². The van der Waals surface area contributed by atoms with Crippen molar-refractivity contribution in [3.8, 4) is 11.4 Å². The van der Waals surface area contributed by atoms with Gasteiger partial charge in [-0.2, -0.15) is 14.1 Å². The van der Waals surface area contributed by atoms with Crippen molar-refractivity contribution in [1.82, 2.24) is 14.1 Å². The minimum absolute atomic E-state index is 0.0602. The first-order chi connectivity index (χ1) is 19.7. The second-order valence-corrected chi connectivity index (χ2v) is 11.7. The maximum atomic E-state index is 13.6. The summed E-state index contributed by atoms with van der Waals surface area (Å²) in [6.07, 6.45) is 0. The zero-order valence-electron chi connectivity index (χ0n) is 22.2. The molecular weight excluding hydrogens is 572 g/mol. The second kappa shape index (κ2) is 11.8.